The molecule has 0 bridgehead atoms. The molecule has 30 heavy (non-hydrogen) atoms. The number of aromatic hydroxyl groups is 1. The Bertz CT molecular complexity index is 1120. The van der Waals surface area contributed by atoms with Gasteiger partial charge in [-0.25, -0.2) is 4.98 Å². The van der Waals surface area contributed by atoms with Crippen molar-refractivity contribution in [3.8, 4) is 11.6 Å². The molecule has 2 aromatic carbocycles. The predicted octanol–water partition coefficient (Wildman–Crippen LogP) is 2.00. The number of hydrogen-bond acceptors (Lipinski definition) is 6. The normalized spacial score (nSPS) is 16.1. The Morgan fingerprint density at radius 3 is 2.47 bits per heavy atom. The first-order chi connectivity index (χ1) is 14.7. The zero-order valence-corrected chi connectivity index (χ0v) is 17.5. The van der Waals surface area contributed by atoms with Crippen LogP contribution in [0.3, 0.4) is 0 Å². The first-order valence-electron chi connectivity index (χ1n) is 10.0. The van der Waals surface area contributed by atoms with Gasteiger partial charge in [-0.2, -0.15) is 9.61 Å². The third-order valence-corrected chi connectivity index (χ3v) is 6.88. The number of quaternary nitrogens is 1. The number of aromatic nitrogens is 3. The number of hydrogen-bond donors (Lipinski definition) is 2. The fourth-order valence-corrected chi connectivity index (χ4v) is 5.35. The lowest BCUT2D eigenvalue weighted by Gasteiger charge is -2.37. The number of para-hydroxylation sites is 1. The highest BCUT2D eigenvalue weighted by molar-refractivity contribution is 7.17. The topological polar surface area (TPSA) is 67.3 Å². The number of nitrogens with one attached hydrogen (secondary N) is 1. The molecule has 0 aliphatic carbocycles. The number of fused-ring (bicyclic) bond motifs is 1. The zero-order valence-electron chi connectivity index (χ0n) is 16.7. The van der Waals surface area contributed by atoms with Gasteiger partial charge < -0.3 is 19.6 Å². The second-order valence-electron chi connectivity index (χ2n) is 7.43. The van der Waals surface area contributed by atoms with E-state index >= 15 is 0 Å². The number of anilines is 1. The summed E-state index contributed by atoms with van der Waals surface area (Å²) >= 11 is 1.51. The van der Waals surface area contributed by atoms with E-state index in [0.717, 1.165) is 42.4 Å². The summed E-state index contributed by atoms with van der Waals surface area (Å²) in [6.45, 7) is 3.87. The van der Waals surface area contributed by atoms with Crippen molar-refractivity contribution in [1.82, 2.24) is 14.6 Å². The Morgan fingerprint density at radius 1 is 1.07 bits per heavy atom. The quantitative estimate of drug-likeness (QED) is 0.515. The summed E-state index contributed by atoms with van der Waals surface area (Å²) in [6.07, 6.45) is 1.48. The van der Waals surface area contributed by atoms with Crippen molar-refractivity contribution in [2.75, 3.05) is 38.2 Å². The van der Waals surface area contributed by atoms with Gasteiger partial charge in [-0.3, -0.25) is 0 Å². The molecular weight excluding hydrogens is 398 g/mol. The molecule has 3 heterocycles. The summed E-state index contributed by atoms with van der Waals surface area (Å²) < 4.78 is 6.86. The van der Waals surface area contributed by atoms with Gasteiger partial charge in [0, 0.05) is 11.3 Å². The number of methoxy groups -OCH3 is 1. The third-order valence-electron chi connectivity index (χ3n) is 5.79. The van der Waals surface area contributed by atoms with Gasteiger partial charge in [-0.15, -0.1) is 0 Å². The number of benzene rings is 2. The van der Waals surface area contributed by atoms with E-state index in [4.69, 9.17) is 4.74 Å². The summed E-state index contributed by atoms with van der Waals surface area (Å²) in [6, 6.07) is 18.7. The van der Waals surface area contributed by atoms with Crippen LogP contribution in [-0.2, 0) is 0 Å². The average molecular weight is 423 g/mol. The van der Waals surface area contributed by atoms with Gasteiger partial charge >= 0.3 is 0 Å². The van der Waals surface area contributed by atoms with Crippen molar-refractivity contribution in [3.05, 3.63) is 71.4 Å². The van der Waals surface area contributed by atoms with Crippen LogP contribution in [0.1, 0.15) is 16.5 Å². The van der Waals surface area contributed by atoms with E-state index in [1.807, 2.05) is 12.1 Å². The van der Waals surface area contributed by atoms with Crippen LogP contribution in [0.25, 0.3) is 4.96 Å². The monoisotopic (exact) mass is 422 g/mol. The lowest BCUT2D eigenvalue weighted by atomic mass is 10.0. The summed E-state index contributed by atoms with van der Waals surface area (Å²) in [5.74, 6) is 1.01. The lowest BCUT2D eigenvalue weighted by molar-refractivity contribution is -0.925. The molecule has 1 atom stereocenters. The van der Waals surface area contributed by atoms with Crippen molar-refractivity contribution in [2.24, 2.45) is 0 Å². The molecule has 1 saturated heterocycles. The highest BCUT2D eigenvalue weighted by Gasteiger charge is 2.34. The maximum Gasteiger partial charge on any atom is 0.235 e. The van der Waals surface area contributed by atoms with Gasteiger partial charge in [0.1, 0.15) is 17.0 Å². The van der Waals surface area contributed by atoms with Crippen molar-refractivity contribution in [3.63, 3.8) is 0 Å². The highest BCUT2D eigenvalue weighted by Crippen LogP contribution is 2.35. The van der Waals surface area contributed by atoms with Crippen LogP contribution in [0, 0.1) is 0 Å². The van der Waals surface area contributed by atoms with Crippen molar-refractivity contribution < 1.29 is 14.7 Å². The maximum atomic E-state index is 10.9. The van der Waals surface area contributed by atoms with Crippen molar-refractivity contribution in [2.45, 2.75) is 6.04 Å². The molecule has 154 valence electrons. The van der Waals surface area contributed by atoms with Crippen LogP contribution in [0.5, 0.6) is 11.6 Å². The summed E-state index contributed by atoms with van der Waals surface area (Å²) in [7, 11) is 1.67. The van der Waals surface area contributed by atoms with E-state index in [9.17, 15) is 5.11 Å². The molecule has 1 aliphatic rings. The van der Waals surface area contributed by atoms with Gasteiger partial charge in [0.2, 0.25) is 10.8 Å². The minimum Gasteiger partial charge on any atom is -0.497 e. The van der Waals surface area contributed by atoms with Gasteiger partial charge in [0.05, 0.1) is 33.3 Å². The molecule has 7 nitrogen and oxygen atoms in total. The van der Waals surface area contributed by atoms with E-state index in [1.54, 1.807) is 7.11 Å². The van der Waals surface area contributed by atoms with Crippen LogP contribution in [0.4, 0.5) is 5.69 Å². The maximum absolute atomic E-state index is 10.9. The molecular formula is C22H24N5O2S+. The second kappa shape index (κ2) is 7.97. The Balaban J connectivity index is 1.47. The molecule has 0 unspecified atom stereocenters. The number of rotatable bonds is 5. The van der Waals surface area contributed by atoms with Crippen molar-refractivity contribution >= 4 is 22.0 Å². The smallest absolute Gasteiger partial charge is 0.235 e. The SMILES string of the molecule is COc1ccc([C@H](c2sc3ncnn3c2O)[NH+]2CCN(c3ccccc3)CC2)cc1. The molecule has 2 aromatic heterocycles. The average Bonchev–Trinajstić information content (AvgIpc) is 3.39. The molecule has 0 amide bonds. The first-order valence-corrected chi connectivity index (χ1v) is 10.9. The summed E-state index contributed by atoms with van der Waals surface area (Å²) in [5.41, 5.74) is 2.41. The third kappa shape index (κ3) is 3.38. The highest BCUT2D eigenvalue weighted by atomic mass is 32.1. The van der Waals surface area contributed by atoms with Crippen LogP contribution in [-0.4, -0.2) is 53.0 Å². The van der Waals surface area contributed by atoms with Gasteiger partial charge in [0.25, 0.3) is 0 Å². The largest absolute Gasteiger partial charge is 0.497 e. The molecule has 0 radical (unpaired) electrons. The van der Waals surface area contributed by atoms with E-state index in [-0.39, 0.29) is 11.9 Å². The van der Waals surface area contributed by atoms with Gasteiger partial charge in [0.15, 0.2) is 6.04 Å². The molecule has 0 spiro atoms. The van der Waals surface area contributed by atoms with E-state index < -0.39 is 0 Å². The molecule has 2 N–H and O–H groups in total. The molecule has 5 rings (SSSR count). The fourth-order valence-electron chi connectivity index (χ4n) is 4.23. The fraction of sp³-hybridized carbons (Fsp3) is 0.273. The standard InChI is InChI=1S/C22H23N5O2S/c1-29-18-9-7-16(8-10-18)19(20-21(28)27-22(30-20)23-15-24-27)26-13-11-25(12-14-26)17-5-3-2-4-6-17/h2-10,15,19,28H,11-14H2,1H3/p+1/t19-/m1/s1. The minimum atomic E-state index is 0.0160. The Labute approximate surface area is 178 Å². The molecule has 1 aliphatic heterocycles. The van der Waals surface area contributed by atoms with Crippen molar-refractivity contribution in [1.29, 1.82) is 0 Å². The van der Waals surface area contributed by atoms with Gasteiger partial charge in [-0.05, 0) is 36.4 Å². The minimum absolute atomic E-state index is 0.0160. The lowest BCUT2D eigenvalue weighted by Crippen LogP contribution is -3.15. The molecule has 4 aromatic rings. The Kier molecular flexibility index (Phi) is 5.02. The van der Waals surface area contributed by atoms with Crippen LogP contribution < -0.4 is 14.5 Å². The van der Waals surface area contributed by atoms with E-state index in [0.29, 0.717) is 4.96 Å². The van der Waals surface area contributed by atoms with E-state index in [1.165, 1.54) is 32.8 Å². The molecule has 1 fully saturated rings. The summed E-state index contributed by atoms with van der Waals surface area (Å²) in [5, 5.41) is 15.1. The predicted molar refractivity (Wildman–Crippen MR) is 117 cm³/mol. The number of ether oxygens (including phenoxy) is 1. The molecule has 0 saturated carbocycles. The zero-order chi connectivity index (χ0) is 20.5. The van der Waals surface area contributed by atoms with Gasteiger partial charge in [-0.1, -0.05) is 29.5 Å². The van der Waals surface area contributed by atoms with Crippen LogP contribution >= 0.6 is 11.3 Å². The van der Waals surface area contributed by atoms with Crippen LogP contribution in [0.2, 0.25) is 0 Å². The number of piperazine rings is 1. The Morgan fingerprint density at radius 2 is 1.80 bits per heavy atom. The summed E-state index contributed by atoms with van der Waals surface area (Å²) in [4.78, 5) is 9.74. The number of nitrogens with zero attached hydrogens (tertiary/aromatic N) is 4. The molecule has 8 heteroatoms. The number of thiazole rings is 1. The first kappa shape index (κ1) is 18.9. The van der Waals surface area contributed by atoms with E-state index in [2.05, 4.69) is 57.4 Å². The Hall–Kier alpha value is -3.10. The second-order valence-corrected chi connectivity index (χ2v) is 8.44. The van der Waals surface area contributed by atoms with Crippen LogP contribution in [0.15, 0.2) is 60.9 Å².